The molecular formula is C28H37FN4O4. The molecule has 1 aliphatic rings. The van der Waals surface area contributed by atoms with E-state index in [9.17, 15) is 18.8 Å². The van der Waals surface area contributed by atoms with Crippen LogP contribution in [-0.4, -0.2) is 47.2 Å². The van der Waals surface area contributed by atoms with Crippen molar-refractivity contribution in [2.24, 2.45) is 0 Å². The van der Waals surface area contributed by atoms with E-state index in [1.165, 1.54) is 24.3 Å². The normalized spacial score (nSPS) is 15.5. The van der Waals surface area contributed by atoms with E-state index in [4.69, 9.17) is 4.74 Å². The Hall–Kier alpha value is -3.62. The van der Waals surface area contributed by atoms with Crippen LogP contribution in [0.25, 0.3) is 0 Å². The molecule has 200 valence electrons. The zero-order valence-electron chi connectivity index (χ0n) is 22.4. The zero-order valence-corrected chi connectivity index (χ0v) is 22.4. The molecule has 3 rings (SSSR count). The van der Waals surface area contributed by atoms with Gasteiger partial charge in [-0.1, -0.05) is 32.9 Å². The SMILES string of the molecule is CC(C)(C)OC(=O)NC1(C(=O)Nc2ccc(F)cc2)CCN(C(=O)Nc2ccc(C(C)(C)C)cc2)CC1. The van der Waals surface area contributed by atoms with Crippen LogP contribution in [0.2, 0.25) is 0 Å². The number of halogens is 1. The molecule has 0 aromatic heterocycles. The third-order valence-electron chi connectivity index (χ3n) is 6.18. The van der Waals surface area contributed by atoms with Crippen molar-refractivity contribution in [3.63, 3.8) is 0 Å². The van der Waals surface area contributed by atoms with Gasteiger partial charge in [0.25, 0.3) is 0 Å². The molecule has 4 amide bonds. The summed E-state index contributed by atoms with van der Waals surface area (Å²) in [6.45, 7) is 12.0. The number of rotatable bonds is 4. The molecule has 2 aromatic carbocycles. The molecule has 1 aliphatic heterocycles. The number of urea groups is 1. The molecular weight excluding hydrogens is 475 g/mol. The summed E-state index contributed by atoms with van der Waals surface area (Å²) in [7, 11) is 0. The molecule has 0 radical (unpaired) electrons. The predicted octanol–water partition coefficient (Wildman–Crippen LogP) is 5.65. The van der Waals surface area contributed by atoms with Crippen molar-refractivity contribution in [3.8, 4) is 0 Å². The second-order valence-corrected chi connectivity index (χ2v) is 11.4. The van der Waals surface area contributed by atoms with Gasteiger partial charge in [0.15, 0.2) is 0 Å². The fourth-order valence-electron chi connectivity index (χ4n) is 4.04. The number of nitrogens with zero attached hydrogens (tertiary/aromatic N) is 1. The number of carbonyl (C=O) groups excluding carboxylic acids is 3. The third kappa shape index (κ3) is 7.68. The van der Waals surface area contributed by atoms with E-state index in [0.717, 1.165) is 5.56 Å². The Labute approximate surface area is 217 Å². The first kappa shape index (κ1) is 28.0. The first-order chi connectivity index (χ1) is 17.2. The number of amides is 4. The number of anilines is 2. The van der Waals surface area contributed by atoms with E-state index >= 15 is 0 Å². The predicted molar refractivity (Wildman–Crippen MR) is 142 cm³/mol. The van der Waals surface area contributed by atoms with Gasteiger partial charge in [-0.2, -0.15) is 0 Å². The Morgan fingerprint density at radius 3 is 1.86 bits per heavy atom. The molecule has 1 fully saturated rings. The van der Waals surface area contributed by atoms with Crippen LogP contribution in [0.3, 0.4) is 0 Å². The van der Waals surface area contributed by atoms with E-state index in [2.05, 4.69) is 36.7 Å². The van der Waals surface area contributed by atoms with E-state index in [0.29, 0.717) is 11.4 Å². The summed E-state index contributed by atoms with van der Waals surface area (Å²) in [5.74, 6) is -0.880. The van der Waals surface area contributed by atoms with Gasteiger partial charge in [-0.15, -0.1) is 0 Å². The monoisotopic (exact) mass is 512 g/mol. The zero-order chi connectivity index (χ0) is 27.4. The summed E-state index contributed by atoms with van der Waals surface area (Å²) in [5, 5.41) is 8.40. The van der Waals surface area contributed by atoms with E-state index in [1.807, 2.05) is 24.3 Å². The van der Waals surface area contributed by atoms with E-state index in [1.54, 1.807) is 25.7 Å². The van der Waals surface area contributed by atoms with Gasteiger partial charge in [0.05, 0.1) is 0 Å². The van der Waals surface area contributed by atoms with Crippen LogP contribution in [0, 0.1) is 5.82 Å². The van der Waals surface area contributed by atoms with Crippen LogP contribution in [0.15, 0.2) is 48.5 Å². The first-order valence-corrected chi connectivity index (χ1v) is 12.4. The highest BCUT2D eigenvalue weighted by molar-refractivity contribution is 6.00. The molecule has 0 bridgehead atoms. The van der Waals surface area contributed by atoms with Crippen LogP contribution in [-0.2, 0) is 14.9 Å². The molecule has 9 heteroatoms. The van der Waals surface area contributed by atoms with Crippen molar-refractivity contribution in [2.75, 3.05) is 23.7 Å². The topological polar surface area (TPSA) is 99.8 Å². The molecule has 0 spiro atoms. The van der Waals surface area contributed by atoms with Crippen LogP contribution in [0.5, 0.6) is 0 Å². The molecule has 8 nitrogen and oxygen atoms in total. The summed E-state index contributed by atoms with van der Waals surface area (Å²) >= 11 is 0. The molecule has 1 saturated heterocycles. The van der Waals surface area contributed by atoms with E-state index in [-0.39, 0.29) is 37.4 Å². The standard InChI is InChI=1S/C28H37FN4O4/c1-26(2,3)19-7-11-22(12-8-19)31-24(35)33-17-15-28(16-18-33,32-25(36)37-27(4,5)6)23(34)30-21-13-9-20(29)10-14-21/h7-14H,15-18H2,1-6H3,(H,30,34)(H,31,35)(H,32,36). The Kier molecular flexibility index (Phi) is 8.15. The van der Waals surface area contributed by atoms with Crippen molar-refractivity contribution >= 4 is 29.4 Å². The fraction of sp³-hybridized carbons (Fsp3) is 0.464. The fourth-order valence-corrected chi connectivity index (χ4v) is 4.04. The van der Waals surface area contributed by atoms with Gasteiger partial charge in [-0.25, -0.2) is 14.0 Å². The number of hydrogen-bond acceptors (Lipinski definition) is 4. The Morgan fingerprint density at radius 1 is 0.838 bits per heavy atom. The highest BCUT2D eigenvalue weighted by Gasteiger charge is 2.44. The lowest BCUT2D eigenvalue weighted by molar-refractivity contribution is -0.124. The van der Waals surface area contributed by atoms with Gasteiger partial charge in [0, 0.05) is 24.5 Å². The van der Waals surface area contributed by atoms with Gasteiger partial charge >= 0.3 is 12.1 Å². The minimum atomic E-state index is -1.30. The van der Waals surface area contributed by atoms with Crippen molar-refractivity contribution < 1.29 is 23.5 Å². The molecule has 0 unspecified atom stereocenters. The van der Waals surface area contributed by atoms with Crippen molar-refractivity contribution in [3.05, 3.63) is 59.9 Å². The molecule has 0 atom stereocenters. The minimum absolute atomic E-state index is 0.00830. The number of ether oxygens (including phenoxy) is 1. The first-order valence-electron chi connectivity index (χ1n) is 12.4. The lowest BCUT2D eigenvalue weighted by Gasteiger charge is -2.41. The Morgan fingerprint density at radius 2 is 1.35 bits per heavy atom. The molecule has 37 heavy (non-hydrogen) atoms. The average Bonchev–Trinajstić information content (AvgIpc) is 2.79. The number of carbonyl (C=O) groups is 3. The largest absolute Gasteiger partial charge is 0.444 e. The number of benzene rings is 2. The molecule has 3 N–H and O–H groups in total. The van der Waals surface area contributed by atoms with Gasteiger partial charge in [-0.05, 0) is 81.0 Å². The molecule has 2 aromatic rings. The second-order valence-electron chi connectivity index (χ2n) is 11.4. The number of hydrogen-bond donors (Lipinski definition) is 3. The van der Waals surface area contributed by atoms with Crippen LogP contribution in [0.4, 0.5) is 25.4 Å². The minimum Gasteiger partial charge on any atom is -0.444 e. The summed E-state index contributed by atoms with van der Waals surface area (Å²) < 4.78 is 18.7. The van der Waals surface area contributed by atoms with Gasteiger partial charge in [0.1, 0.15) is 17.0 Å². The second kappa shape index (κ2) is 10.8. The smallest absolute Gasteiger partial charge is 0.408 e. The maximum absolute atomic E-state index is 13.4. The van der Waals surface area contributed by atoms with Crippen LogP contribution >= 0.6 is 0 Å². The third-order valence-corrected chi connectivity index (χ3v) is 6.18. The quantitative estimate of drug-likeness (QED) is 0.493. The maximum Gasteiger partial charge on any atom is 0.408 e. The summed E-state index contributed by atoms with van der Waals surface area (Å²) in [4.78, 5) is 40.5. The molecule has 0 saturated carbocycles. The molecule has 1 heterocycles. The summed E-state index contributed by atoms with van der Waals surface area (Å²) in [5.41, 5.74) is 0.193. The summed E-state index contributed by atoms with van der Waals surface area (Å²) in [6, 6.07) is 12.8. The van der Waals surface area contributed by atoms with Crippen LogP contribution in [0.1, 0.15) is 59.9 Å². The number of piperidine rings is 1. The van der Waals surface area contributed by atoms with Crippen molar-refractivity contribution in [1.29, 1.82) is 0 Å². The maximum atomic E-state index is 13.4. The Bertz CT molecular complexity index is 1110. The van der Waals surface area contributed by atoms with Crippen molar-refractivity contribution in [2.45, 2.75) is 70.9 Å². The number of likely N-dealkylation sites (tertiary alicyclic amines) is 1. The Balaban J connectivity index is 1.70. The van der Waals surface area contributed by atoms with Gasteiger partial charge in [-0.3, -0.25) is 4.79 Å². The number of alkyl carbamates (subject to hydrolysis) is 1. The summed E-state index contributed by atoms with van der Waals surface area (Å²) in [6.07, 6.45) is -0.371. The highest BCUT2D eigenvalue weighted by Crippen LogP contribution is 2.27. The van der Waals surface area contributed by atoms with Crippen molar-refractivity contribution in [1.82, 2.24) is 10.2 Å². The highest BCUT2D eigenvalue weighted by atomic mass is 19.1. The lowest BCUT2D eigenvalue weighted by atomic mass is 9.86. The average molecular weight is 513 g/mol. The molecule has 0 aliphatic carbocycles. The lowest BCUT2D eigenvalue weighted by Crippen LogP contribution is -2.63. The van der Waals surface area contributed by atoms with E-state index < -0.39 is 29.0 Å². The number of nitrogens with one attached hydrogen (secondary N) is 3. The van der Waals surface area contributed by atoms with Gasteiger partial charge < -0.3 is 25.6 Å². The van der Waals surface area contributed by atoms with Crippen LogP contribution < -0.4 is 16.0 Å². The van der Waals surface area contributed by atoms with Gasteiger partial charge in [0.2, 0.25) is 5.91 Å².